The van der Waals surface area contributed by atoms with E-state index in [0.29, 0.717) is 15.4 Å². The zero-order chi connectivity index (χ0) is 17.6. The van der Waals surface area contributed by atoms with Gasteiger partial charge in [0.2, 0.25) is 0 Å². The minimum atomic E-state index is -0.435. The van der Waals surface area contributed by atoms with E-state index in [4.69, 9.17) is 4.74 Å². The highest BCUT2D eigenvalue weighted by molar-refractivity contribution is 9.10. The smallest absolute Gasteiger partial charge is 0.256 e. The van der Waals surface area contributed by atoms with Gasteiger partial charge in [0.25, 0.3) is 5.91 Å². The van der Waals surface area contributed by atoms with Gasteiger partial charge >= 0.3 is 0 Å². The topological polar surface area (TPSA) is 38.3 Å². The first kappa shape index (κ1) is 18.4. The molecule has 1 N–H and O–H groups in total. The minimum absolute atomic E-state index is 0.280. The third kappa shape index (κ3) is 5.30. The second-order valence-electron chi connectivity index (χ2n) is 5.90. The van der Waals surface area contributed by atoms with Crippen molar-refractivity contribution in [1.29, 1.82) is 0 Å². The summed E-state index contributed by atoms with van der Waals surface area (Å²) in [6, 6.07) is 11.9. The standard InChI is InChI=1S/C19H19BrFNO2S/c20-18-5-4-14(21)11-17(18)19(23)22-15-3-1-2-13(10-15)12-25-16-6-8-24-9-7-16/h1-5,10-11,16H,6-9,12H2,(H,22,23). The molecule has 0 aliphatic carbocycles. The van der Waals surface area contributed by atoms with E-state index < -0.39 is 5.82 Å². The Balaban J connectivity index is 1.62. The predicted molar refractivity (Wildman–Crippen MR) is 104 cm³/mol. The molecule has 0 unspecified atom stereocenters. The van der Waals surface area contributed by atoms with Crippen LogP contribution in [0.4, 0.5) is 10.1 Å². The van der Waals surface area contributed by atoms with Gasteiger partial charge in [0.15, 0.2) is 0 Å². The van der Waals surface area contributed by atoms with E-state index >= 15 is 0 Å². The molecule has 1 saturated heterocycles. The van der Waals surface area contributed by atoms with Crippen LogP contribution in [0.1, 0.15) is 28.8 Å². The van der Waals surface area contributed by atoms with E-state index in [-0.39, 0.29) is 11.5 Å². The third-order valence-corrected chi connectivity index (χ3v) is 6.15. The van der Waals surface area contributed by atoms with E-state index in [0.717, 1.165) is 37.4 Å². The average Bonchev–Trinajstić information content (AvgIpc) is 2.63. The maximum Gasteiger partial charge on any atom is 0.256 e. The van der Waals surface area contributed by atoms with Gasteiger partial charge < -0.3 is 10.1 Å². The van der Waals surface area contributed by atoms with Crippen molar-refractivity contribution < 1.29 is 13.9 Å². The molecule has 25 heavy (non-hydrogen) atoms. The number of carbonyl (C=O) groups excluding carboxylic acids is 1. The number of hydrogen-bond donors (Lipinski definition) is 1. The second kappa shape index (κ2) is 8.83. The molecule has 0 bridgehead atoms. The van der Waals surface area contributed by atoms with E-state index in [1.807, 2.05) is 30.0 Å². The van der Waals surface area contributed by atoms with Crippen molar-refractivity contribution >= 4 is 39.3 Å². The Morgan fingerprint density at radius 1 is 1.24 bits per heavy atom. The van der Waals surface area contributed by atoms with Crippen LogP contribution >= 0.6 is 27.7 Å². The first-order valence-electron chi connectivity index (χ1n) is 8.16. The highest BCUT2D eigenvalue weighted by Crippen LogP contribution is 2.27. The summed E-state index contributed by atoms with van der Waals surface area (Å²) in [5.41, 5.74) is 2.15. The molecule has 1 amide bonds. The molecule has 2 aromatic rings. The summed E-state index contributed by atoms with van der Waals surface area (Å²) in [6.45, 7) is 1.69. The number of rotatable bonds is 5. The third-order valence-electron chi connectivity index (χ3n) is 4.01. The minimum Gasteiger partial charge on any atom is -0.381 e. The largest absolute Gasteiger partial charge is 0.381 e. The van der Waals surface area contributed by atoms with Crippen molar-refractivity contribution in [2.75, 3.05) is 18.5 Å². The molecule has 0 aromatic heterocycles. The maximum absolute atomic E-state index is 13.4. The van der Waals surface area contributed by atoms with Gasteiger partial charge in [-0.2, -0.15) is 11.8 Å². The van der Waals surface area contributed by atoms with Crippen molar-refractivity contribution in [1.82, 2.24) is 0 Å². The van der Waals surface area contributed by atoms with Crippen molar-refractivity contribution in [2.24, 2.45) is 0 Å². The summed E-state index contributed by atoms with van der Waals surface area (Å²) in [7, 11) is 0. The quantitative estimate of drug-likeness (QED) is 0.713. The fraction of sp³-hybridized carbons (Fsp3) is 0.316. The number of thioether (sulfide) groups is 1. The van der Waals surface area contributed by atoms with Gasteiger partial charge in [-0.25, -0.2) is 4.39 Å². The number of halogens is 2. The number of amides is 1. The highest BCUT2D eigenvalue weighted by atomic mass is 79.9. The van der Waals surface area contributed by atoms with Crippen LogP contribution < -0.4 is 5.32 Å². The number of carbonyl (C=O) groups is 1. The monoisotopic (exact) mass is 423 g/mol. The molecule has 132 valence electrons. The first-order chi connectivity index (χ1) is 12.1. The summed E-state index contributed by atoms with van der Waals surface area (Å²) in [5.74, 6) is 0.133. The van der Waals surface area contributed by atoms with Gasteiger partial charge in [-0.1, -0.05) is 12.1 Å². The molecule has 1 aliphatic rings. The van der Waals surface area contributed by atoms with Crippen molar-refractivity contribution in [2.45, 2.75) is 23.8 Å². The molecule has 0 radical (unpaired) electrons. The van der Waals surface area contributed by atoms with Gasteiger partial charge in [-0.15, -0.1) is 0 Å². The molecule has 1 fully saturated rings. The lowest BCUT2D eigenvalue weighted by Crippen LogP contribution is -2.17. The van der Waals surface area contributed by atoms with Gasteiger partial charge in [-0.3, -0.25) is 4.79 Å². The lowest BCUT2D eigenvalue weighted by molar-refractivity contribution is 0.1000. The maximum atomic E-state index is 13.4. The molecule has 0 atom stereocenters. The molecular formula is C19H19BrFNO2S. The van der Waals surface area contributed by atoms with Crippen LogP contribution in [-0.4, -0.2) is 24.4 Å². The Hall–Kier alpha value is -1.37. The van der Waals surface area contributed by atoms with Gasteiger partial charge in [0.05, 0.1) is 5.56 Å². The Bertz CT molecular complexity index is 750. The highest BCUT2D eigenvalue weighted by Gasteiger charge is 2.15. The molecule has 0 saturated carbocycles. The Morgan fingerprint density at radius 3 is 2.84 bits per heavy atom. The van der Waals surface area contributed by atoms with Crippen LogP contribution in [0, 0.1) is 5.82 Å². The molecule has 2 aromatic carbocycles. The lowest BCUT2D eigenvalue weighted by atomic mass is 10.2. The summed E-state index contributed by atoms with van der Waals surface area (Å²) in [5, 5.41) is 3.47. The molecule has 3 rings (SSSR count). The fourth-order valence-electron chi connectivity index (χ4n) is 2.67. The van der Waals surface area contributed by atoms with E-state index in [9.17, 15) is 9.18 Å². The Kier molecular flexibility index (Phi) is 6.51. The average molecular weight is 424 g/mol. The van der Waals surface area contributed by atoms with Crippen LogP contribution in [-0.2, 0) is 10.5 Å². The molecule has 3 nitrogen and oxygen atoms in total. The van der Waals surface area contributed by atoms with Crippen LogP contribution in [0.25, 0.3) is 0 Å². The fourth-order valence-corrected chi connectivity index (χ4v) is 4.23. The van der Waals surface area contributed by atoms with E-state index in [1.54, 1.807) is 0 Å². The van der Waals surface area contributed by atoms with Gasteiger partial charge in [0.1, 0.15) is 5.82 Å². The molecule has 0 spiro atoms. The van der Waals surface area contributed by atoms with Crippen LogP contribution in [0.15, 0.2) is 46.9 Å². The van der Waals surface area contributed by atoms with Gasteiger partial charge in [-0.05, 0) is 64.7 Å². The van der Waals surface area contributed by atoms with Crippen LogP contribution in [0.5, 0.6) is 0 Å². The predicted octanol–water partition coefficient (Wildman–Crippen LogP) is 5.25. The van der Waals surface area contributed by atoms with Gasteiger partial charge in [0, 0.05) is 34.4 Å². The number of hydrogen-bond acceptors (Lipinski definition) is 3. The van der Waals surface area contributed by atoms with Crippen LogP contribution in [0.3, 0.4) is 0 Å². The summed E-state index contributed by atoms with van der Waals surface area (Å²) < 4.78 is 19.3. The summed E-state index contributed by atoms with van der Waals surface area (Å²) in [4.78, 5) is 12.4. The Morgan fingerprint density at radius 2 is 2.04 bits per heavy atom. The van der Waals surface area contributed by atoms with Crippen molar-refractivity contribution in [3.05, 3.63) is 63.9 Å². The molecule has 1 heterocycles. The van der Waals surface area contributed by atoms with E-state index in [1.165, 1.54) is 18.2 Å². The van der Waals surface area contributed by atoms with Crippen molar-refractivity contribution in [3.8, 4) is 0 Å². The van der Waals surface area contributed by atoms with E-state index in [2.05, 4.69) is 27.3 Å². The number of nitrogens with one attached hydrogen (secondary N) is 1. The Labute approximate surface area is 159 Å². The second-order valence-corrected chi connectivity index (χ2v) is 8.04. The molecule has 1 aliphatic heterocycles. The zero-order valence-corrected chi connectivity index (χ0v) is 16.0. The van der Waals surface area contributed by atoms with Crippen LogP contribution in [0.2, 0.25) is 0 Å². The summed E-state index contributed by atoms with van der Waals surface area (Å²) >= 11 is 5.22. The lowest BCUT2D eigenvalue weighted by Gasteiger charge is -2.21. The number of anilines is 1. The van der Waals surface area contributed by atoms with Crippen molar-refractivity contribution in [3.63, 3.8) is 0 Å². The first-order valence-corrected chi connectivity index (χ1v) is 10.0. The summed E-state index contributed by atoms with van der Waals surface area (Å²) in [6.07, 6.45) is 2.18. The number of benzene rings is 2. The number of ether oxygens (including phenoxy) is 1. The SMILES string of the molecule is O=C(Nc1cccc(CSC2CCOCC2)c1)c1cc(F)ccc1Br. The normalized spacial score (nSPS) is 15.1. The zero-order valence-electron chi connectivity index (χ0n) is 13.6. The molecular weight excluding hydrogens is 405 g/mol. The molecule has 6 heteroatoms.